The molecule has 2 aliphatic heterocycles. The van der Waals surface area contributed by atoms with Gasteiger partial charge < -0.3 is 20.3 Å². The molecule has 1 amide bonds. The fourth-order valence-electron chi connectivity index (χ4n) is 2.92. The third kappa shape index (κ3) is 2.95. The van der Waals surface area contributed by atoms with Crippen molar-refractivity contribution in [3.8, 4) is 0 Å². The number of anilines is 2. The largest absolute Gasteiger partial charge is 0.399 e. The maximum absolute atomic E-state index is 13.9. The quantitative estimate of drug-likeness (QED) is 0.833. The monoisotopic (exact) mass is 293 g/mol. The molecule has 6 heteroatoms. The second-order valence-corrected chi connectivity index (χ2v) is 5.52. The molecule has 2 fully saturated rings. The van der Waals surface area contributed by atoms with E-state index in [1.807, 2.05) is 9.80 Å². The molecule has 0 unspecified atom stereocenters. The fraction of sp³-hybridized carbons (Fsp3) is 0.533. The van der Waals surface area contributed by atoms with E-state index in [0.717, 1.165) is 12.8 Å². The Hall–Kier alpha value is -1.82. The fourth-order valence-corrected chi connectivity index (χ4v) is 2.92. The van der Waals surface area contributed by atoms with E-state index in [2.05, 4.69) is 0 Å². The van der Waals surface area contributed by atoms with Crippen LogP contribution in [0.5, 0.6) is 0 Å². The third-order valence-corrected chi connectivity index (χ3v) is 4.11. The Balaban J connectivity index is 1.60. The van der Waals surface area contributed by atoms with Gasteiger partial charge in [0.15, 0.2) is 0 Å². The summed E-state index contributed by atoms with van der Waals surface area (Å²) in [7, 11) is 0. The number of hydrogen-bond acceptors (Lipinski definition) is 4. The van der Waals surface area contributed by atoms with E-state index in [0.29, 0.717) is 44.2 Å². The van der Waals surface area contributed by atoms with Gasteiger partial charge in [-0.15, -0.1) is 0 Å². The molecule has 1 aromatic rings. The number of ether oxygens (including phenoxy) is 1. The highest BCUT2D eigenvalue weighted by Crippen LogP contribution is 2.23. The van der Waals surface area contributed by atoms with Crippen LogP contribution >= 0.6 is 0 Å². The van der Waals surface area contributed by atoms with Gasteiger partial charge in [0.2, 0.25) is 0 Å². The van der Waals surface area contributed by atoms with E-state index in [1.165, 1.54) is 6.07 Å². The van der Waals surface area contributed by atoms with E-state index >= 15 is 0 Å². The Labute approximate surface area is 123 Å². The van der Waals surface area contributed by atoms with Crippen LogP contribution in [0.4, 0.5) is 15.8 Å². The topological polar surface area (TPSA) is 58.8 Å². The highest BCUT2D eigenvalue weighted by molar-refractivity contribution is 5.81. The number of carbonyl (C=O) groups excluding carboxylic acids is 1. The summed E-state index contributed by atoms with van der Waals surface area (Å²) in [5.74, 6) is -0.237. The predicted octanol–water partition coefficient (Wildman–Crippen LogP) is 1.24. The number of benzene rings is 1. The zero-order valence-electron chi connectivity index (χ0n) is 11.9. The number of carbonyl (C=O) groups is 1. The van der Waals surface area contributed by atoms with Crippen molar-refractivity contribution < 1.29 is 13.9 Å². The van der Waals surface area contributed by atoms with E-state index < -0.39 is 0 Å². The second-order valence-electron chi connectivity index (χ2n) is 5.52. The Morgan fingerprint density at radius 1 is 1.29 bits per heavy atom. The summed E-state index contributed by atoms with van der Waals surface area (Å²) in [4.78, 5) is 16.0. The Kier molecular flexibility index (Phi) is 3.96. The number of piperazine rings is 1. The van der Waals surface area contributed by atoms with E-state index in [4.69, 9.17) is 10.5 Å². The first-order valence-corrected chi connectivity index (χ1v) is 7.35. The van der Waals surface area contributed by atoms with Crippen molar-refractivity contribution in [2.75, 3.05) is 43.4 Å². The van der Waals surface area contributed by atoms with Gasteiger partial charge in [-0.2, -0.15) is 0 Å². The molecule has 0 radical (unpaired) electrons. The molecule has 1 aromatic carbocycles. The van der Waals surface area contributed by atoms with Crippen LogP contribution in [0.1, 0.15) is 12.8 Å². The lowest BCUT2D eigenvalue weighted by atomic mass is 10.2. The highest BCUT2D eigenvalue weighted by atomic mass is 19.1. The first-order chi connectivity index (χ1) is 10.1. The van der Waals surface area contributed by atoms with Crippen molar-refractivity contribution in [3.05, 3.63) is 24.0 Å². The van der Waals surface area contributed by atoms with E-state index in [1.54, 1.807) is 12.1 Å². The molecule has 0 spiro atoms. The number of halogens is 1. The van der Waals surface area contributed by atoms with Gasteiger partial charge in [0.25, 0.3) is 5.91 Å². The predicted molar refractivity (Wildman–Crippen MR) is 78.6 cm³/mol. The van der Waals surface area contributed by atoms with Crippen molar-refractivity contribution >= 4 is 17.3 Å². The molecular weight excluding hydrogens is 273 g/mol. The van der Waals surface area contributed by atoms with Crippen molar-refractivity contribution in [2.45, 2.75) is 18.9 Å². The third-order valence-electron chi connectivity index (χ3n) is 4.11. The lowest BCUT2D eigenvalue weighted by Crippen LogP contribution is -2.51. The van der Waals surface area contributed by atoms with E-state index in [9.17, 15) is 9.18 Å². The minimum absolute atomic E-state index is 0.0740. The van der Waals surface area contributed by atoms with Crippen molar-refractivity contribution in [2.24, 2.45) is 0 Å². The van der Waals surface area contributed by atoms with Crippen molar-refractivity contribution in [1.82, 2.24) is 4.90 Å². The Bertz CT molecular complexity index is 524. The number of hydrogen-bond donors (Lipinski definition) is 1. The van der Waals surface area contributed by atoms with Gasteiger partial charge in [0.1, 0.15) is 11.9 Å². The standard InChI is InChI=1S/C15H20FN3O2/c16-12-10-11(17)3-4-13(12)18-5-7-19(8-6-18)15(20)14-2-1-9-21-14/h3-4,10,14H,1-2,5-9,17H2/t14-/m1/s1. The average Bonchev–Trinajstić information content (AvgIpc) is 3.01. The summed E-state index contributed by atoms with van der Waals surface area (Å²) < 4.78 is 19.3. The molecule has 5 nitrogen and oxygen atoms in total. The number of amides is 1. The summed E-state index contributed by atoms with van der Waals surface area (Å²) in [5, 5.41) is 0. The minimum atomic E-state index is -0.311. The smallest absolute Gasteiger partial charge is 0.251 e. The highest BCUT2D eigenvalue weighted by Gasteiger charge is 2.30. The van der Waals surface area contributed by atoms with Gasteiger partial charge in [0.05, 0.1) is 5.69 Å². The van der Waals surface area contributed by atoms with Crippen molar-refractivity contribution in [3.63, 3.8) is 0 Å². The molecule has 1 atom stereocenters. The molecule has 0 aromatic heterocycles. The molecule has 3 rings (SSSR count). The molecule has 0 aliphatic carbocycles. The lowest BCUT2D eigenvalue weighted by Gasteiger charge is -2.37. The van der Waals surface area contributed by atoms with Gasteiger partial charge >= 0.3 is 0 Å². The lowest BCUT2D eigenvalue weighted by molar-refractivity contribution is -0.141. The van der Waals surface area contributed by atoms with Crippen LogP contribution in [0.2, 0.25) is 0 Å². The minimum Gasteiger partial charge on any atom is -0.399 e. The molecule has 114 valence electrons. The van der Waals surface area contributed by atoms with Crippen molar-refractivity contribution in [1.29, 1.82) is 0 Å². The van der Waals surface area contributed by atoms with Crippen LogP contribution in [-0.2, 0) is 9.53 Å². The molecule has 2 N–H and O–H groups in total. The summed E-state index contributed by atoms with van der Waals surface area (Å²) in [5.41, 5.74) is 6.53. The molecule has 21 heavy (non-hydrogen) atoms. The SMILES string of the molecule is Nc1ccc(N2CCN(C(=O)[C@H]3CCCO3)CC2)c(F)c1. The second kappa shape index (κ2) is 5.89. The molecule has 2 heterocycles. The molecular formula is C15H20FN3O2. The molecule has 2 saturated heterocycles. The normalized spacial score (nSPS) is 22.6. The van der Waals surface area contributed by atoms with Crippen LogP contribution in [0, 0.1) is 5.82 Å². The molecule has 2 aliphatic rings. The maximum atomic E-state index is 13.9. The van der Waals surface area contributed by atoms with Crippen LogP contribution in [0.15, 0.2) is 18.2 Å². The van der Waals surface area contributed by atoms with Gasteiger partial charge in [0, 0.05) is 38.5 Å². The average molecular weight is 293 g/mol. The Morgan fingerprint density at radius 3 is 2.67 bits per heavy atom. The van der Waals surface area contributed by atoms with Gasteiger partial charge in [-0.25, -0.2) is 4.39 Å². The van der Waals surface area contributed by atoms with Crippen LogP contribution in [0.25, 0.3) is 0 Å². The van der Waals surface area contributed by atoms with Gasteiger partial charge in [-0.3, -0.25) is 4.79 Å². The molecule has 0 bridgehead atoms. The van der Waals surface area contributed by atoms with Crippen LogP contribution in [0.3, 0.4) is 0 Å². The Morgan fingerprint density at radius 2 is 2.05 bits per heavy atom. The van der Waals surface area contributed by atoms with Crippen LogP contribution < -0.4 is 10.6 Å². The van der Waals surface area contributed by atoms with Gasteiger partial charge in [-0.1, -0.05) is 0 Å². The summed E-state index contributed by atoms with van der Waals surface area (Å²) in [6, 6.07) is 4.73. The van der Waals surface area contributed by atoms with Crippen LogP contribution in [-0.4, -0.2) is 49.7 Å². The zero-order valence-corrected chi connectivity index (χ0v) is 11.9. The first kappa shape index (κ1) is 14.1. The number of rotatable bonds is 2. The summed E-state index contributed by atoms with van der Waals surface area (Å²) in [6.07, 6.45) is 1.49. The number of nitrogen functional groups attached to an aromatic ring is 1. The van der Waals surface area contributed by atoms with Gasteiger partial charge in [-0.05, 0) is 31.0 Å². The van der Waals surface area contributed by atoms with E-state index in [-0.39, 0.29) is 17.8 Å². The summed E-state index contributed by atoms with van der Waals surface area (Å²) in [6.45, 7) is 3.12. The first-order valence-electron chi connectivity index (χ1n) is 7.35. The number of nitrogens with zero attached hydrogens (tertiary/aromatic N) is 2. The number of nitrogens with two attached hydrogens (primary N) is 1. The zero-order chi connectivity index (χ0) is 14.8. The summed E-state index contributed by atoms with van der Waals surface area (Å²) >= 11 is 0. The maximum Gasteiger partial charge on any atom is 0.251 e. The molecule has 0 saturated carbocycles.